The van der Waals surface area contributed by atoms with Gasteiger partial charge in [-0.05, 0) is 37.6 Å². The molecule has 0 radical (unpaired) electrons. The monoisotopic (exact) mass is 330 g/mol. The van der Waals surface area contributed by atoms with Crippen molar-refractivity contribution in [2.24, 2.45) is 0 Å². The third-order valence-corrected chi connectivity index (χ3v) is 4.23. The second-order valence-corrected chi connectivity index (χ2v) is 5.94. The van der Waals surface area contributed by atoms with Gasteiger partial charge >= 0.3 is 0 Å². The Kier molecular flexibility index (Phi) is 3.26. The van der Waals surface area contributed by atoms with Crippen LogP contribution in [0.4, 0.5) is 11.4 Å². The number of amides is 1. The first-order valence-corrected chi connectivity index (χ1v) is 7.28. The lowest BCUT2D eigenvalue weighted by atomic mass is 10.1. The average molecular weight is 331 g/mol. The van der Waals surface area contributed by atoms with E-state index < -0.39 is 0 Å². The van der Waals surface area contributed by atoms with E-state index in [1.807, 2.05) is 37.3 Å². The second-order valence-electron chi connectivity index (χ2n) is 5.09. The number of carbonyl (C=O) groups is 1. The number of fused-ring (bicyclic) bond motifs is 1. The van der Waals surface area contributed by atoms with E-state index in [9.17, 15) is 4.79 Å². The van der Waals surface area contributed by atoms with Crippen molar-refractivity contribution in [3.05, 3.63) is 57.6 Å². The van der Waals surface area contributed by atoms with E-state index in [0.29, 0.717) is 0 Å². The van der Waals surface area contributed by atoms with Gasteiger partial charge in [0, 0.05) is 21.4 Å². The Morgan fingerprint density at radius 1 is 1.20 bits per heavy atom. The fraction of sp³-hybridized carbons (Fsp3) is 0.188. The van der Waals surface area contributed by atoms with E-state index in [1.54, 1.807) is 0 Å². The Morgan fingerprint density at radius 2 is 2.00 bits per heavy atom. The molecule has 1 amide bonds. The van der Waals surface area contributed by atoms with Gasteiger partial charge in [-0.1, -0.05) is 39.7 Å². The van der Waals surface area contributed by atoms with Gasteiger partial charge in [0.2, 0.25) is 0 Å². The number of nitrogens with one attached hydrogen (secondary N) is 2. The van der Waals surface area contributed by atoms with Crippen molar-refractivity contribution in [3.8, 4) is 0 Å². The number of hydrogen-bond acceptors (Lipinski definition) is 2. The molecule has 0 saturated heterocycles. The molecule has 102 valence electrons. The lowest BCUT2D eigenvalue weighted by Gasteiger charge is -2.16. The largest absolute Gasteiger partial charge is 0.370 e. The highest BCUT2D eigenvalue weighted by Crippen LogP contribution is 2.38. The van der Waals surface area contributed by atoms with Gasteiger partial charge in [-0.15, -0.1) is 0 Å². The fourth-order valence-corrected chi connectivity index (χ4v) is 3.14. The van der Waals surface area contributed by atoms with Crippen LogP contribution in [0.1, 0.15) is 22.7 Å². The molecule has 0 fully saturated rings. The molecular weight excluding hydrogens is 316 g/mol. The zero-order valence-corrected chi connectivity index (χ0v) is 12.9. The molecule has 0 aliphatic carbocycles. The third kappa shape index (κ3) is 2.20. The molecular formula is C16H15BrN2O. The lowest BCUT2D eigenvalue weighted by molar-refractivity contribution is -0.116. The van der Waals surface area contributed by atoms with Crippen molar-refractivity contribution in [1.82, 2.24) is 0 Å². The van der Waals surface area contributed by atoms with Crippen LogP contribution in [-0.4, -0.2) is 5.91 Å². The summed E-state index contributed by atoms with van der Waals surface area (Å²) in [6, 6.07) is 11.6. The van der Waals surface area contributed by atoms with E-state index in [4.69, 9.17) is 0 Å². The molecule has 1 atom stereocenters. The number of benzene rings is 2. The van der Waals surface area contributed by atoms with Crippen LogP contribution in [-0.2, 0) is 4.79 Å². The van der Waals surface area contributed by atoms with Crippen LogP contribution in [0, 0.1) is 13.8 Å². The number of rotatable bonds is 2. The molecule has 2 aromatic carbocycles. The van der Waals surface area contributed by atoms with Crippen LogP contribution < -0.4 is 10.6 Å². The van der Waals surface area contributed by atoms with Crippen LogP contribution in [0.25, 0.3) is 0 Å². The van der Waals surface area contributed by atoms with Crippen molar-refractivity contribution in [1.29, 1.82) is 0 Å². The first-order chi connectivity index (χ1) is 9.56. The van der Waals surface area contributed by atoms with Gasteiger partial charge in [0.25, 0.3) is 5.91 Å². The van der Waals surface area contributed by atoms with Crippen LogP contribution in [0.3, 0.4) is 0 Å². The van der Waals surface area contributed by atoms with Crippen molar-refractivity contribution in [2.75, 3.05) is 10.6 Å². The van der Waals surface area contributed by atoms with E-state index in [2.05, 4.69) is 39.6 Å². The molecule has 0 bridgehead atoms. The smallest absolute Gasteiger partial charge is 0.251 e. The summed E-state index contributed by atoms with van der Waals surface area (Å²) >= 11 is 3.53. The Hall–Kier alpha value is -1.81. The van der Waals surface area contributed by atoms with E-state index in [-0.39, 0.29) is 11.9 Å². The highest BCUT2D eigenvalue weighted by atomic mass is 79.9. The zero-order valence-electron chi connectivity index (χ0n) is 11.3. The molecule has 1 aliphatic rings. The maximum absolute atomic E-state index is 12.2. The number of anilines is 2. The standard InChI is InChI=1S/C16H15BrN2O/c1-9-6-7-12(10(2)8-9)18-15-14-11(17)4-3-5-13(14)19-16(15)20/h3-8,15,18H,1-2H3,(H,19,20). The SMILES string of the molecule is Cc1ccc(NC2C(=O)Nc3cccc(Br)c32)c(C)c1. The Morgan fingerprint density at radius 3 is 2.75 bits per heavy atom. The first-order valence-electron chi connectivity index (χ1n) is 6.49. The number of carbonyl (C=O) groups excluding carboxylic acids is 1. The summed E-state index contributed by atoms with van der Waals surface area (Å²) in [5.74, 6) is -0.0214. The van der Waals surface area contributed by atoms with Crippen LogP contribution in [0.15, 0.2) is 40.9 Å². The maximum atomic E-state index is 12.2. The quantitative estimate of drug-likeness (QED) is 0.867. The van der Waals surface area contributed by atoms with Gasteiger partial charge in [0.05, 0.1) is 0 Å². The van der Waals surface area contributed by atoms with Crippen molar-refractivity contribution < 1.29 is 4.79 Å². The average Bonchev–Trinajstić information content (AvgIpc) is 2.70. The lowest BCUT2D eigenvalue weighted by Crippen LogP contribution is -2.20. The minimum absolute atomic E-state index is 0.0214. The number of aryl methyl sites for hydroxylation is 2. The van der Waals surface area contributed by atoms with Crippen LogP contribution in [0.5, 0.6) is 0 Å². The fourth-order valence-electron chi connectivity index (χ4n) is 2.54. The van der Waals surface area contributed by atoms with Crippen molar-refractivity contribution >= 4 is 33.2 Å². The Balaban J connectivity index is 1.98. The van der Waals surface area contributed by atoms with Gasteiger partial charge in [-0.25, -0.2) is 0 Å². The highest BCUT2D eigenvalue weighted by Gasteiger charge is 2.32. The molecule has 2 aromatic rings. The molecule has 3 rings (SSSR count). The normalized spacial score (nSPS) is 16.8. The predicted molar refractivity (Wildman–Crippen MR) is 85.1 cm³/mol. The summed E-state index contributed by atoms with van der Waals surface area (Å²) in [7, 11) is 0. The summed E-state index contributed by atoms with van der Waals surface area (Å²) < 4.78 is 0.940. The molecule has 3 nitrogen and oxygen atoms in total. The highest BCUT2D eigenvalue weighted by molar-refractivity contribution is 9.10. The Bertz CT molecular complexity index is 697. The van der Waals surface area contributed by atoms with Crippen LogP contribution in [0.2, 0.25) is 0 Å². The van der Waals surface area contributed by atoms with Gasteiger partial charge < -0.3 is 10.6 Å². The van der Waals surface area contributed by atoms with E-state index in [0.717, 1.165) is 27.0 Å². The molecule has 4 heteroatoms. The first kappa shape index (κ1) is 13.2. The second kappa shape index (κ2) is 4.94. The van der Waals surface area contributed by atoms with Gasteiger partial charge in [0.1, 0.15) is 6.04 Å². The van der Waals surface area contributed by atoms with Crippen molar-refractivity contribution in [3.63, 3.8) is 0 Å². The topological polar surface area (TPSA) is 41.1 Å². The molecule has 20 heavy (non-hydrogen) atoms. The number of hydrogen-bond donors (Lipinski definition) is 2. The molecule has 2 N–H and O–H groups in total. The van der Waals surface area contributed by atoms with E-state index in [1.165, 1.54) is 5.56 Å². The summed E-state index contributed by atoms with van der Waals surface area (Å²) in [4.78, 5) is 12.2. The molecule has 0 spiro atoms. The molecule has 0 aromatic heterocycles. The molecule has 0 saturated carbocycles. The minimum atomic E-state index is -0.359. The number of halogens is 1. The van der Waals surface area contributed by atoms with Crippen molar-refractivity contribution in [2.45, 2.75) is 19.9 Å². The summed E-state index contributed by atoms with van der Waals surface area (Å²) in [5.41, 5.74) is 5.17. The third-order valence-electron chi connectivity index (χ3n) is 3.54. The zero-order chi connectivity index (χ0) is 14.3. The summed E-state index contributed by atoms with van der Waals surface area (Å²) in [6.45, 7) is 4.11. The minimum Gasteiger partial charge on any atom is -0.370 e. The van der Waals surface area contributed by atoms with Crippen LogP contribution >= 0.6 is 15.9 Å². The van der Waals surface area contributed by atoms with Gasteiger partial charge in [-0.3, -0.25) is 4.79 Å². The summed E-state index contributed by atoms with van der Waals surface area (Å²) in [6.07, 6.45) is 0. The molecule has 1 heterocycles. The molecule has 1 aliphatic heterocycles. The van der Waals surface area contributed by atoms with Gasteiger partial charge in [-0.2, -0.15) is 0 Å². The maximum Gasteiger partial charge on any atom is 0.251 e. The Labute approximate surface area is 126 Å². The van der Waals surface area contributed by atoms with E-state index >= 15 is 0 Å². The van der Waals surface area contributed by atoms with Gasteiger partial charge in [0.15, 0.2) is 0 Å². The summed E-state index contributed by atoms with van der Waals surface area (Å²) in [5, 5.41) is 6.25. The molecule has 1 unspecified atom stereocenters. The predicted octanol–water partition coefficient (Wildman–Crippen LogP) is 4.17.